The molecule has 0 bridgehead atoms. The average molecular weight is 438 g/mol. The summed E-state index contributed by atoms with van der Waals surface area (Å²) in [5.41, 5.74) is 3.97. The van der Waals surface area contributed by atoms with Crippen LogP contribution in [0, 0.1) is 5.92 Å². The fraction of sp³-hybridized carbons (Fsp3) is 0.480. The highest BCUT2D eigenvalue weighted by atomic mass is 16.6. The number of allylic oxidation sites excluding steroid dienone is 2. The van der Waals surface area contributed by atoms with Crippen molar-refractivity contribution in [3.63, 3.8) is 0 Å². The van der Waals surface area contributed by atoms with Crippen LogP contribution in [0.1, 0.15) is 39.7 Å². The van der Waals surface area contributed by atoms with Crippen molar-refractivity contribution in [2.75, 3.05) is 19.7 Å². The lowest BCUT2D eigenvalue weighted by atomic mass is 9.86. The molecule has 0 saturated carbocycles. The van der Waals surface area contributed by atoms with E-state index < -0.39 is 11.5 Å². The second kappa shape index (κ2) is 8.81. The molecule has 2 unspecified atom stereocenters. The number of carbonyl (C=O) groups is 2. The van der Waals surface area contributed by atoms with Crippen LogP contribution in [0.3, 0.4) is 0 Å². The van der Waals surface area contributed by atoms with Gasteiger partial charge in [-0.15, -0.1) is 0 Å². The van der Waals surface area contributed by atoms with Crippen LogP contribution in [-0.4, -0.2) is 58.2 Å². The number of ether oxygens (including phenoxy) is 2. The number of esters is 1. The summed E-state index contributed by atoms with van der Waals surface area (Å²) in [7, 11) is 0. The van der Waals surface area contributed by atoms with Crippen molar-refractivity contribution in [1.82, 2.24) is 14.8 Å². The number of pyridine rings is 1. The molecule has 170 valence electrons. The van der Waals surface area contributed by atoms with E-state index in [-0.39, 0.29) is 18.1 Å². The zero-order valence-corrected chi connectivity index (χ0v) is 19.2. The Morgan fingerprint density at radius 1 is 1.22 bits per heavy atom. The predicted molar refractivity (Wildman–Crippen MR) is 120 cm³/mol. The van der Waals surface area contributed by atoms with Crippen LogP contribution in [0.25, 0.3) is 0 Å². The van der Waals surface area contributed by atoms with Crippen LogP contribution in [0.2, 0.25) is 0 Å². The molecule has 4 rings (SSSR count). The topological polar surface area (TPSA) is 72.0 Å². The summed E-state index contributed by atoms with van der Waals surface area (Å²) in [6.45, 7) is 9.52. The molecule has 0 radical (unpaired) electrons. The van der Waals surface area contributed by atoms with Gasteiger partial charge in [-0.3, -0.25) is 9.78 Å². The van der Waals surface area contributed by atoms with Crippen molar-refractivity contribution in [2.45, 2.75) is 52.3 Å². The molecule has 0 aromatic carbocycles. The molecule has 1 amide bonds. The van der Waals surface area contributed by atoms with Crippen LogP contribution < -0.4 is 0 Å². The number of hydrogen-bond acceptors (Lipinski definition) is 6. The van der Waals surface area contributed by atoms with E-state index in [2.05, 4.69) is 16.0 Å². The molecule has 3 heterocycles. The van der Waals surface area contributed by atoms with E-state index in [4.69, 9.17) is 9.47 Å². The van der Waals surface area contributed by atoms with E-state index in [9.17, 15) is 9.59 Å². The third-order valence-corrected chi connectivity index (χ3v) is 5.91. The first-order chi connectivity index (χ1) is 15.3. The molecule has 0 spiro atoms. The summed E-state index contributed by atoms with van der Waals surface area (Å²) < 4.78 is 11.0. The largest absolute Gasteiger partial charge is 0.465 e. The Kier molecular flexibility index (Phi) is 6.09. The Balaban J connectivity index is 1.66. The summed E-state index contributed by atoms with van der Waals surface area (Å²) in [5, 5.41) is 0. The van der Waals surface area contributed by atoms with E-state index >= 15 is 0 Å². The van der Waals surface area contributed by atoms with Gasteiger partial charge in [0.2, 0.25) is 0 Å². The molecular weight excluding hydrogens is 406 g/mol. The Morgan fingerprint density at radius 3 is 2.66 bits per heavy atom. The van der Waals surface area contributed by atoms with Crippen molar-refractivity contribution < 1.29 is 19.1 Å². The first-order valence-electron chi connectivity index (χ1n) is 11.2. The number of carbonyl (C=O) groups excluding carboxylic acids is 2. The maximum Gasteiger partial charge on any atom is 0.410 e. The van der Waals surface area contributed by atoms with Gasteiger partial charge in [0.05, 0.1) is 25.1 Å². The summed E-state index contributed by atoms with van der Waals surface area (Å²) in [4.78, 5) is 33.8. The van der Waals surface area contributed by atoms with Gasteiger partial charge in [0, 0.05) is 37.6 Å². The highest BCUT2D eigenvalue weighted by Gasteiger charge is 2.46. The van der Waals surface area contributed by atoms with Gasteiger partial charge in [0.25, 0.3) is 0 Å². The molecular formula is C25H31N3O4. The summed E-state index contributed by atoms with van der Waals surface area (Å²) in [6.07, 6.45) is 9.90. The second-order valence-electron chi connectivity index (χ2n) is 9.29. The predicted octanol–water partition coefficient (Wildman–Crippen LogP) is 3.84. The van der Waals surface area contributed by atoms with Crippen LogP contribution in [-0.2, 0) is 20.8 Å². The maximum atomic E-state index is 12.8. The monoisotopic (exact) mass is 437 g/mol. The van der Waals surface area contributed by atoms with E-state index in [1.54, 1.807) is 17.3 Å². The molecule has 2 atom stereocenters. The standard InChI is InChI=1S/C25H31N3O4/c1-5-31-23(29)19-8-6-7-18-20-16-27(24(30)32-25(2,3)4)14-11-21(20)28(22(18)19)15-17-9-12-26-13-10-17/h6-10,12-13,19,22H,5,11,14-16H2,1-4H3. The Labute approximate surface area is 189 Å². The molecule has 1 aliphatic carbocycles. The van der Waals surface area contributed by atoms with E-state index in [1.807, 2.05) is 52.0 Å². The molecule has 0 saturated heterocycles. The second-order valence-corrected chi connectivity index (χ2v) is 9.29. The van der Waals surface area contributed by atoms with Crippen LogP contribution in [0.15, 0.2) is 59.6 Å². The Bertz CT molecular complexity index is 975. The molecule has 7 heteroatoms. The first kappa shape index (κ1) is 22.1. The minimum absolute atomic E-state index is 0.143. The van der Waals surface area contributed by atoms with E-state index in [0.29, 0.717) is 32.7 Å². The lowest BCUT2D eigenvalue weighted by Crippen LogP contribution is -2.42. The van der Waals surface area contributed by atoms with Gasteiger partial charge in [0.15, 0.2) is 0 Å². The minimum atomic E-state index is -0.542. The smallest absolute Gasteiger partial charge is 0.410 e. The first-order valence-corrected chi connectivity index (χ1v) is 11.2. The van der Waals surface area contributed by atoms with Crippen molar-refractivity contribution in [1.29, 1.82) is 0 Å². The fourth-order valence-electron chi connectivity index (χ4n) is 4.62. The van der Waals surface area contributed by atoms with Crippen LogP contribution in [0.5, 0.6) is 0 Å². The Morgan fingerprint density at radius 2 is 1.97 bits per heavy atom. The summed E-state index contributed by atoms with van der Waals surface area (Å²) in [5.74, 6) is -0.611. The van der Waals surface area contributed by atoms with E-state index in [0.717, 1.165) is 16.7 Å². The van der Waals surface area contributed by atoms with Crippen LogP contribution >= 0.6 is 0 Å². The number of nitrogens with zero attached hydrogens (tertiary/aromatic N) is 3. The van der Waals surface area contributed by atoms with Gasteiger partial charge in [0.1, 0.15) is 5.60 Å². The van der Waals surface area contributed by atoms with Crippen molar-refractivity contribution in [2.24, 2.45) is 5.92 Å². The van der Waals surface area contributed by atoms with E-state index in [1.165, 1.54) is 5.70 Å². The average Bonchev–Trinajstić information content (AvgIpc) is 3.06. The van der Waals surface area contributed by atoms with Gasteiger partial charge in [-0.05, 0) is 56.5 Å². The molecule has 32 heavy (non-hydrogen) atoms. The molecule has 7 nitrogen and oxygen atoms in total. The molecule has 3 aliphatic rings. The lowest BCUT2D eigenvalue weighted by Gasteiger charge is -2.35. The zero-order valence-electron chi connectivity index (χ0n) is 19.2. The molecule has 0 N–H and O–H groups in total. The number of aromatic nitrogens is 1. The number of fused-ring (bicyclic) bond motifs is 2. The summed E-state index contributed by atoms with van der Waals surface area (Å²) >= 11 is 0. The minimum Gasteiger partial charge on any atom is -0.465 e. The van der Waals surface area contributed by atoms with Gasteiger partial charge < -0.3 is 19.3 Å². The van der Waals surface area contributed by atoms with Gasteiger partial charge in [-0.25, -0.2) is 4.79 Å². The molecule has 2 aliphatic heterocycles. The Hall–Kier alpha value is -3.09. The third kappa shape index (κ3) is 4.42. The number of amides is 1. The highest BCUT2D eigenvalue weighted by Crippen LogP contribution is 2.44. The maximum absolute atomic E-state index is 12.8. The lowest BCUT2D eigenvalue weighted by molar-refractivity contribution is -0.147. The molecule has 1 aromatic rings. The van der Waals surface area contributed by atoms with Gasteiger partial charge in [-0.2, -0.15) is 0 Å². The number of rotatable bonds is 4. The number of hydrogen-bond donors (Lipinski definition) is 0. The molecule has 0 fully saturated rings. The normalized spacial score (nSPS) is 22.3. The van der Waals surface area contributed by atoms with Gasteiger partial charge >= 0.3 is 12.1 Å². The fourth-order valence-corrected chi connectivity index (χ4v) is 4.62. The van der Waals surface area contributed by atoms with Crippen molar-refractivity contribution in [3.8, 4) is 0 Å². The van der Waals surface area contributed by atoms with Crippen LogP contribution in [0.4, 0.5) is 4.79 Å². The zero-order chi connectivity index (χ0) is 22.9. The highest BCUT2D eigenvalue weighted by molar-refractivity contribution is 5.78. The quantitative estimate of drug-likeness (QED) is 0.667. The molecule has 1 aromatic heterocycles. The summed E-state index contributed by atoms with van der Waals surface area (Å²) in [6, 6.07) is 3.85. The van der Waals surface area contributed by atoms with Gasteiger partial charge in [-0.1, -0.05) is 18.2 Å². The third-order valence-electron chi connectivity index (χ3n) is 5.91. The SMILES string of the molecule is CCOC(=O)C1C=CC=C2C3=C(CCN(C(=O)OC(C)(C)C)C3)N(Cc3ccncc3)C21. The van der Waals surface area contributed by atoms with Crippen molar-refractivity contribution >= 4 is 12.1 Å². The van der Waals surface area contributed by atoms with Crippen molar-refractivity contribution in [3.05, 3.63) is 65.2 Å².